The highest BCUT2D eigenvalue weighted by molar-refractivity contribution is 7.18. The Morgan fingerprint density at radius 1 is 1.15 bits per heavy atom. The van der Waals surface area contributed by atoms with Crippen LogP contribution in [-0.4, -0.2) is 17.9 Å². The number of likely N-dealkylation sites (N-methyl/N-ethyl adjacent to an activating group) is 1. The van der Waals surface area contributed by atoms with Crippen LogP contribution in [0.15, 0.2) is 48.5 Å². The normalized spacial score (nSPS) is 10.7. The second-order valence-corrected chi connectivity index (χ2v) is 5.62. The van der Waals surface area contributed by atoms with Gasteiger partial charge in [0.25, 0.3) is 0 Å². The summed E-state index contributed by atoms with van der Waals surface area (Å²) < 4.78 is 1.12. The van der Waals surface area contributed by atoms with Gasteiger partial charge in [-0.1, -0.05) is 36.4 Å². The monoisotopic (exact) mass is 282 g/mol. The van der Waals surface area contributed by atoms with Crippen LogP contribution in [0.1, 0.15) is 5.01 Å². The molecule has 2 aromatic carbocycles. The standard InChI is InChI=1S/C16H14N2OS/c1-17-15(19)10-16-18-13-8-7-12(9-14(13)20-16)11-5-3-2-4-6-11/h2-9H,10H2,1H3,(H,17,19). The number of benzene rings is 2. The summed E-state index contributed by atoms with van der Waals surface area (Å²) >= 11 is 1.58. The molecule has 20 heavy (non-hydrogen) atoms. The molecule has 1 amide bonds. The van der Waals surface area contributed by atoms with Gasteiger partial charge in [-0.3, -0.25) is 4.79 Å². The van der Waals surface area contributed by atoms with Crippen molar-refractivity contribution in [3.8, 4) is 11.1 Å². The molecule has 100 valence electrons. The van der Waals surface area contributed by atoms with Crippen LogP contribution < -0.4 is 5.32 Å². The predicted octanol–water partition coefficient (Wildman–Crippen LogP) is 3.25. The minimum absolute atomic E-state index is 0.00709. The maximum Gasteiger partial charge on any atom is 0.226 e. The molecule has 1 heterocycles. The fourth-order valence-corrected chi connectivity index (χ4v) is 3.09. The molecule has 0 unspecified atom stereocenters. The van der Waals surface area contributed by atoms with Crippen LogP contribution in [0.2, 0.25) is 0 Å². The highest BCUT2D eigenvalue weighted by Gasteiger charge is 2.08. The van der Waals surface area contributed by atoms with Crippen LogP contribution in [0, 0.1) is 0 Å². The summed E-state index contributed by atoms with van der Waals surface area (Å²) in [6.07, 6.45) is 0.344. The fourth-order valence-electron chi connectivity index (χ4n) is 2.08. The number of rotatable bonds is 3. The maximum atomic E-state index is 11.4. The number of carbonyl (C=O) groups is 1. The molecule has 0 aliphatic rings. The Kier molecular flexibility index (Phi) is 3.48. The van der Waals surface area contributed by atoms with Crippen molar-refractivity contribution in [2.24, 2.45) is 0 Å². The molecular weight excluding hydrogens is 268 g/mol. The number of carbonyl (C=O) groups excluding carboxylic acids is 1. The number of hydrogen-bond acceptors (Lipinski definition) is 3. The smallest absolute Gasteiger partial charge is 0.226 e. The minimum atomic E-state index is -0.00709. The molecule has 3 aromatic rings. The van der Waals surface area contributed by atoms with E-state index in [1.54, 1.807) is 18.4 Å². The number of nitrogens with one attached hydrogen (secondary N) is 1. The van der Waals surface area contributed by atoms with Gasteiger partial charge < -0.3 is 5.32 Å². The fraction of sp³-hybridized carbons (Fsp3) is 0.125. The summed E-state index contributed by atoms with van der Waals surface area (Å²) in [6, 6.07) is 16.5. The zero-order chi connectivity index (χ0) is 13.9. The molecule has 0 saturated carbocycles. The van der Waals surface area contributed by atoms with Gasteiger partial charge in [-0.15, -0.1) is 11.3 Å². The molecule has 1 N–H and O–H groups in total. The Morgan fingerprint density at radius 2 is 1.95 bits per heavy atom. The number of fused-ring (bicyclic) bond motifs is 1. The van der Waals surface area contributed by atoms with Crippen LogP contribution in [0.25, 0.3) is 21.3 Å². The van der Waals surface area contributed by atoms with Gasteiger partial charge in [0.2, 0.25) is 5.91 Å². The van der Waals surface area contributed by atoms with E-state index in [-0.39, 0.29) is 5.91 Å². The van der Waals surface area contributed by atoms with Crippen molar-refractivity contribution in [2.75, 3.05) is 7.05 Å². The highest BCUT2D eigenvalue weighted by Crippen LogP contribution is 2.28. The Labute approximate surface area is 121 Å². The van der Waals surface area contributed by atoms with Crippen molar-refractivity contribution in [1.82, 2.24) is 10.3 Å². The van der Waals surface area contributed by atoms with Crippen LogP contribution in [0.4, 0.5) is 0 Å². The van der Waals surface area contributed by atoms with Gasteiger partial charge in [0, 0.05) is 7.05 Å². The third-order valence-electron chi connectivity index (χ3n) is 3.13. The van der Waals surface area contributed by atoms with E-state index in [1.165, 1.54) is 11.1 Å². The van der Waals surface area contributed by atoms with Gasteiger partial charge in [0.15, 0.2) is 0 Å². The third-order valence-corrected chi connectivity index (χ3v) is 4.15. The Morgan fingerprint density at radius 3 is 2.70 bits per heavy atom. The Hall–Kier alpha value is -2.20. The van der Waals surface area contributed by atoms with Crippen molar-refractivity contribution in [3.05, 3.63) is 53.5 Å². The zero-order valence-corrected chi connectivity index (χ0v) is 11.9. The second kappa shape index (κ2) is 5.43. The molecule has 0 fully saturated rings. The first-order valence-electron chi connectivity index (χ1n) is 6.42. The van der Waals surface area contributed by atoms with Gasteiger partial charge in [-0.25, -0.2) is 4.98 Å². The molecule has 0 atom stereocenters. The van der Waals surface area contributed by atoms with Crippen LogP contribution >= 0.6 is 11.3 Å². The minimum Gasteiger partial charge on any atom is -0.359 e. The first-order valence-corrected chi connectivity index (χ1v) is 7.23. The van der Waals surface area contributed by atoms with Crippen molar-refractivity contribution in [3.63, 3.8) is 0 Å². The summed E-state index contributed by atoms with van der Waals surface area (Å²) in [6.45, 7) is 0. The zero-order valence-electron chi connectivity index (χ0n) is 11.1. The molecule has 0 spiro atoms. The van der Waals surface area contributed by atoms with Gasteiger partial charge in [-0.2, -0.15) is 0 Å². The van der Waals surface area contributed by atoms with Crippen LogP contribution in [0.3, 0.4) is 0 Å². The van der Waals surface area contributed by atoms with Crippen molar-refractivity contribution in [1.29, 1.82) is 0 Å². The summed E-state index contributed by atoms with van der Waals surface area (Å²) in [5.74, 6) is -0.00709. The molecule has 0 radical (unpaired) electrons. The van der Waals surface area contributed by atoms with Crippen molar-refractivity contribution < 1.29 is 4.79 Å². The first-order chi connectivity index (χ1) is 9.76. The van der Waals surface area contributed by atoms with E-state index in [0.717, 1.165) is 15.2 Å². The van der Waals surface area contributed by atoms with E-state index >= 15 is 0 Å². The van der Waals surface area contributed by atoms with E-state index in [9.17, 15) is 4.79 Å². The number of hydrogen-bond donors (Lipinski definition) is 1. The first kappa shape index (κ1) is 12.8. The SMILES string of the molecule is CNC(=O)Cc1nc2ccc(-c3ccccc3)cc2s1. The second-order valence-electron chi connectivity index (χ2n) is 4.51. The molecule has 4 heteroatoms. The molecule has 0 aliphatic carbocycles. The van der Waals surface area contributed by atoms with Crippen molar-refractivity contribution >= 4 is 27.5 Å². The average molecular weight is 282 g/mol. The third kappa shape index (κ3) is 2.56. The number of amides is 1. The van der Waals surface area contributed by atoms with Gasteiger partial charge >= 0.3 is 0 Å². The maximum absolute atomic E-state index is 11.4. The molecule has 1 aromatic heterocycles. The largest absolute Gasteiger partial charge is 0.359 e. The lowest BCUT2D eigenvalue weighted by molar-refractivity contribution is -0.119. The predicted molar refractivity (Wildman–Crippen MR) is 82.8 cm³/mol. The van der Waals surface area contributed by atoms with Gasteiger partial charge in [-0.05, 0) is 23.3 Å². The Balaban J connectivity index is 1.97. The van der Waals surface area contributed by atoms with E-state index in [2.05, 4.69) is 34.6 Å². The lowest BCUT2D eigenvalue weighted by atomic mass is 10.1. The van der Waals surface area contributed by atoms with Gasteiger partial charge in [0.1, 0.15) is 5.01 Å². The molecule has 0 aliphatic heterocycles. The average Bonchev–Trinajstić information content (AvgIpc) is 2.89. The van der Waals surface area contributed by atoms with E-state index in [1.807, 2.05) is 24.3 Å². The molecule has 3 nitrogen and oxygen atoms in total. The topological polar surface area (TPSA) is 42.0 Å². The molecule has 3 rings (SSSR count). The van der Waals surface area contributed by atoms with E-state index in [4.69, 9.17) is 0 Å². The Bertz CT molecular complexity index is 750. The number of nitrogens with zero attached hydrogens (tertiary/aromatic N) is 1. The number of aromatic nitrogens is 1. The summed E-state index contributed by atoms with van der Waals surface area (Å²) in [4.78, 5) is 15.9. The quantitative estimate of drug-likeness (QED) is 0.801. The van der Waals surface area contributed by atoms with Crippen LogP contribution in [0.5, 0.6) is 0 Å². The van der Waals surface area contributed by atoms with Crippen LogP contribution in [-0.2, 0) is 11.2 Å². The molecule has 0 bridgehead atoms. The lowest BCUT2D eigenvalue weighted by Gasteiger charge is -2.00. The number of thiazole rings is 1. The van der Waals surface area contributed by atoms with E-state index < -0.39 is 0 Å². The molecular formula is C16H14N2OS. The van der Waals surface area contributed by atoms with E-state index in [0.29, 0.717) is 6.42 Å². The van der Waals surface area contributed by atoms with Gasteiger partial charge in [0.05, 0.1) is 16.6 Å². The summed E-state index contributed by atoms with van der Waals surface area (Å²) in [5, 5.41) is 3.47. The summed E-state index contributed by atoms with van der Waals surface area (Å²) in [5.41, 5.74) is 3.32. The molecule has 0 saturated heterocycles. The van der Waals surface area contributed by atoms with Crippen molar-refractivity contribution in [2.45, 2.75) is 6.42 Å². The summed E-state index contributed by atoms with van der Waals surface area (Å²) in [7, 11) is 1.64. The highest BCUT2D eigenvalue weighted by atomic mass is 32.1. The lowest BCUT2D eigenvalue weighted by Crippen LogP contribution is -2.19.